The van der Waals surface area contributed by atoms with Gasteiger partial charge in [-0.2, -0.15) is 0 Å². The number of hydrogen-bond donors (Lipinski definition) is 1. The molecule has 0 saturated heterocycles. The molecule has 0 fully saturated rings. The second kappa shape index (κ2) is 4.94. The molecule has 0 atom stereocenters. The minimum Gasteiger partial charge on any atom is -0.477 e. The molecule has 0 aliphatic carbocycles. The zero-order valence-electron chi connectivity index (χ0n) is 10.5. The monoisotopic (exact) mass is 294 g/mol. The van der Waals surface area contributed by atoms with Crippen LogP contribution in [-0.2, 0) is 19.4 Å². The van der Waals surface area contributed by atoms with Crippen LogP contribution in [0.25, 0.3) is 0 Å². The fraction of sp³-hybridized carbons (Fsp3) is 0.385. The Hall–Kier alpha value is -1.40. The van der Waals surface area contributed by atoms with Crippen LogP contribution in [0.1, 0.15) is 32.7 Å². The van der Waals surface area contributed by atoms with E-state index in [2.05, 4.69) is 21.3 Å². The first-order valence-electron chi connectivity index (χ1n) is 6.22. The predicted octanol–water partition coefficient (Wildman–Crippen LogP) is 3.03. The van der Waals surface area contributed by atoms with E-state index in [4.69, 9.17) is 0 Å². The van der Waals surface area contributed by atoms with Crippen LogP contribution in [0.2, 0.25) is 0 Å². The lowest BCUT2D eigenvalue weighted by molar-refractivity contribution is 0.0701. The molecule has 4 nitrogen and oxygen atoms in total. The van der Waals surface area contributed by atoms with Gasteiger partial charge < -0.3 is 10.0 Å². The highest BCUT2D eigenvalue weighted by Gasteiger charge is 2.23. The number of fused-ring (bicyclic) bond motifs is 1. The van der Waals surface area contributed by atoms with Crippen molar-refractivity contribution in [2.75, 3.05) is 11.4 Å². The van der Waals surface area contributed by atoms with Crippen molar-refractivity contribution in [3.05, 3.63) is 32.5 Å². The third-order valence-corrected chi connectivity index (χ3v) is 5.46. The molecule has 0 unspecified atom stereocenters. The number of aromatic carboxylic acids is 1. The number of thiazole rings is 1. The second-order valence-electron chi connectivity index (χ2n) is 4.47. The first kappa shape index (κ1) is 12.6. The Kier molecular flexibility index (Phi) is 3.28. The van der Waals surface area contributed by atoms with Crippen LogP contribution < -0.4 is 4.90 Å². The van der Waals surface area contributed by atoms with Crippen molar-refractivity contribution in [1.29, 1.82) is 0 Å². The van der Waals surface area contributed by atoms with Crippen LogP contribution in [0.15, 0.2) is 11.4 Å². The highest BCUT2D eigenvalue weighted by atomic mass is 32.1. The average molecular weight is 294 g/mol. The quantitative estimate of drug-likeness (QED) is 0.945. The average Bonchev–Trinajstić information content (AvgIpc) is 3.04. The van der Waals surface area contributed by atoms with Gasteiger partial charge in [0.2, 0.25) is 0 Å². The number of anilines is 1. The van der Waals surface area contributed by atoms with E-state index in [1.807, 2.05) is 6.92 Å². The van der Waals surface area contributed by atoms with Crippen LogP contribution in [-0.4, -0.2) is 22.6 Å². The molecule has 1 N–H and O–H groups in total. The van der Waals surface area contributed by atoms with Crippen molar-refractivity contribution in [1.82, 2.24) is 4.98 Å². The number of carbonyl (C=O) groups is 1. The van der Waals surface area contributed by atoms with Crippen molar-refractivity contribution in [2.45, 2.75) is 26.3 Å². The highest BCUT2D eigenvalue weighted by Crippen LogP contribution is 2.32. The summed E-state index contributed by atoms with van der Waals surface area (Å²) in [6.45, 7) is 3.70. The van der Waals surface area contributed by atoms with Crippen LogP contribution in [0.3, 0.4) is 0 Å². The van der Waals surface area contributed by atoms with E-state index in [9.17, 15) is 9.90 Å². The Morgan fingerprint density at radius 1 is 1.58 bits per heavy atom. The molecular formula is C13H14N2O2S2. The third kappa shape index (κ3) is 2.26. The molecule has 2 aromatic rings. The number of carboxylic acid groups (broad SMARTS) is 1. The lowest BCUT2D eigenvalue weighted by Gasteiger charge is -2.26. The van der Waals surface area contributed by atoms with E-state index in [0.29, 0.717) is 17.0 Å². The molecule has 3 rings (SSSR count). The number of rotatable bonds is 3. The van der Waals surface area contributed by atoms with Gasteiger partial charge in [0.15, 0.2) is 5.13 Å². The van der Waals surface area contributed by atoms with Crippen molar-refractivity contribution >= 4 is 33.8 Å². The first-order chi connectivity index (χ1) is 9.19. The van der Waals surface area contributed by atoms with E-state index in [1.165, 1.54) is 21.8 Å². The molecule has 0 saturated carbocycles. The molecule has 19 heavy (non-hydrogen) atoms. The number of aryl methyl sites for hydroxylation is 1. The van der Waals surface area contributed by atoms with Crippen LogP contribution in [0, 0.1) is 0 Å². The normalized spacial score (nSPS) is 14.5. The summed E-state index contributed by atoms with van der Waals surface area (Å²) in [5.74, 6) is -0.867. The Morgan fingerprint density at radius 3 is 3.11 bits per heavy atom. The molecule has 100 valence electrons. The third-order valence-electron chi connectivity index (χ3n) is 3.29. The summed E-state index contributed by atoms with van der Waals surface area (Å²) >= 11 is 3.10. The molecule has 0 radical (unpaired) electrons. The summed E-state index contributed by atoms with van der Waals surface area (Å²) in [6.07, 6.45) is 1.69. The number of aromatic nitrogens is 1. The first-order valence-corrected chi connectivity index (χ1v) is 7.92. The molecular weight excluding hydrogens is 280 g/mol. The van der Waals surface area contributed by atoms with Crippen molar-refractivity contribution in [2.24, 2.45) is 0 Å². The van der Waals surface area contributed by atoms with Gasteiger partial charge in [0.25, 0.3) is 0 Å². The zero-order valence-corrected chi connectivity index (χ0v) is 12.2. The van der Waals surface area contributed by atoms with Gasteiger partial charge in [0.05, 0.1) is 5.69 Å². The summed E-state index contributed by atoms with van der Waals surface area (Å²) in [5.41, 5.74) is 2.05. The van der Waals surface area contributed by atoms with E-state index in [0.717, 1.165) is 24.6 Å². The molecule has 3 heterocycles. The lowest BCUT2D eigenvalue weighted by atomic mass is 10.1. The summed E-state index contributed by atoms with van der Waals surface area (Å²) in [6, 6.07) is 2.15. The SMILES string of the molecule is CCc1nc(N2CCc3sccc3C2)sc1C(=O)O. The maximum atomic E-state index is 11.2. The summed E-state index contributed by atoms with van der Waals surface area (Å²) in [5, 5.41) is 12.1. The Labute approximate surface area is 119 Å². The summed E-state index contributed by atoms with van der Waals surface area (Å²) < 4.78 is 0. The van der Waals surface area contributed by atoms with Crippen LogP contribution in [0.5, 0.6) is 0 Å². The smallest absolute Gasteiger partial charge is 0.347 e. The Balaban J connectivity index is 1.89. The van der Waals surface area contributed by atoms with E-state index in [-0.39, 0.29) is 0 Å². The number of thiophene rings is 1. The largest absolute Gasteiger partial charge is 0.477 e. The second-order valence-corrected chi connectivity index (χ2v) is 6.45. The van der Waals surface area contributed by atoms with Gasteiger partial charge in [-0.15, -0.1) is 11.3 Å². The van der Waals surface area contributed by atoms with Crippen LogP contribution in [0.4, 0.5) is 5.13 Å². The predicted molar refractivity (Wildman–Crippen MR) is 77.5 cm³/mol. The van der Waals surface area contributed by atoms with Crippen molar-refractivity contribution < 1.29 is 9.90 Å². The van der Waals surface area contributed by atoms with Crippen LogP contribution >= 0.6 is 22.7 Å². The standard InChI is InChI=1S/C13H14N2O2S2/c1-2-9-11(12(16)17)19-13(14-9)15-5-3-10-8(7-15)4-6-18-10/h4,6H,2-3,5,7H2,1H3,(H,16,17). The molecule has 0 aromatic carbocycles. The van der Waals surface area contributed by atoms with Gasteiger partial charge >= 0.3 is 5.97 Å². The fourth-order valence-electron chi connectivity index (χ4n) is 2.29. The molecule has 0 spiro atoms. The van der Waals surface area contributed by atoms with Gasteiger partial charge in [-0.1, -0.05) is 18.3 Å². The topological polar surface area (TPSA) is 53.4 Å². The molecule has 1 aliphatic heterocycles. The van der Waals surface area contributed by atoms with E-state index >= 15 is 0 Å². The van der Waals surface area contributed by atoms with Gasteiger partial charge in [0, 0.05) is 18.0 Å². The van der Waals surface area contributed by atoms with Crippen molar-refractivity contribution in [3.63, 3.8) is 0 Å². The van der Waals surface area contributed by atoms with Gasteiger partial charge in [-0.25, -0.2) is 9.78 Å². The minimum atomic E-state index is -0.867. The summed E-state index contributed by atoms with van der Waals surface area (Å²) in [4.78, 5) is 19.7. The van der Waals surface area contributed by atoms with E-state index < -0.39 is 5.97 Å². The van der Waals surface area contributed by atoms with Gasteiger partial charge in [0.1, 0.15) is 4.88 Å². The van der Waals surface area contributed by atoms with Gasteiger partial charge in [-0.05, 0) is 29.9 Å². The molecule has 2 aromatic heterocycles. The number of nitrogens with zero attached hydrogens (tertiary/aromatic N) is 2. The molecule has 1 aliphatic rings. The highest BCUT2D eigenvalue weighted by molar-refractivity contribution is 7.17. The molecule has 0 bridgehead atoms. The Morgan fingerprint density at radius 2 is 2.42 bits per heavy atom. The molecule has 0 amide bonds. The van der Waals surface area contributed by atoms with Gasteiger partial charge in [-0.3, -0.25) is 0 Å². The number of carboxylic acids is 1. The Bertz CT molecular complexity index is 618. The minimum absolute atomic E-state index is 0.383. The number of hydrogen-bond acceptors (Lipinski definition) is 5. The zero-order chi connectivity index (χ0) is 13.4. The molecule has 6 heteroatoms. The summed E-state index contributed by atoms with van der Waals surface area (Å²) in [7, 11) is 0. The fourth-order valence-corrected chi connectivity index (χ4v) is 4.20. The maximum absolute atomic E-state index is 11.2. The maximum Gasteiger partial charge on any atom is 0.347 e. The van der Waals surface area contributed by atoms with E-state index in [1.54, 1.807) is 11.3 Å². The van der Waals surface area contributed by atoms with Crippen molar-refractivity contribution in [3.8, 4) is 0 Å². The lowest BCUT2D eigenvalue weighted by Crippen LogP contribution is -2.29.